The Labute approximate surface area is 103 Å². The number of nitrogens with one attached hydrogen (secondary N) is 2. The van der Waals surface area contributed by atoms with Crippen LogP contribution in [0, 0.1) is 0 Å². The molecule has 0 bridgehead atoms. The van der Waals surface area contributed by atoms with E-state index in [0.29, 0.717) is 17.6 Å². The minimum absolute atomic E-state index is 0.138. The summed E-state index contributed by atoms with van der Waals surface area (Å²) in [5, 5.41) is 15.9. The molecule has 6 heteroatoms. The third-order valence-corrected chi connectivity index (χ3v) is 3.06. The van der Waals surface area contributed by atoms with Gasteiger partial charge in [0.05, 0.1) is 0 Å². The van der Waals surface area contributed by atoms with Gasteiger partial charge >= 0.3 is 103 Å². The van der Waals surface area contributed by atoms with Crippen molar-refractivity contribution in [2.45, 2.75) is 5.36 Å². The average molecular weight is 281 g/mol. The number of aromatic hydroxyl groups is 1. The Hall–Kier alpha value is -1.66. The molecule has 0 saturated heterocycles. The van der Waals surface area contributed by atoms with Crippen LogP contribution < -0.4 is 10.6 Å². The summed E-state index contributed by atoms with van der Waals surface area (Å²) < 4.78 is 11.0. The van der Waals surface area contributed by atoms with Crippen LogP contribution in [0.25, 0.3) is 0 Å². The number of amides is 2. The Morgan fingerprint density at radius 2 is 2.06 bits per heavy atom. The first-order chi connectivity index (χ1) is 8.11. The zero-order chi connectivity index (χ0) is 12.7. The molecule has 0 aliphatic heterocycles. The number of carbonyl (C=O) groups excluding carboxylic acids is 1. The van der Waals surface area contributed by atoms with E-state index < -0.39 is 13.6 Å². The molecule has 0 saturated carbocycles. The molecule has 1 aromatic carbocycles. The molecule has 5 nitrogen and oxygen atoms in total. The van der Waals surface area contributed by atoms with Crippen LogP contribution in [0.3, 0.4) is 0 Å². The zero-order valence-electron chi connectivity index (χ0n) is 9.11. The zero-order valence-corrected chi connectivity index (χ0v) is 10.1. The maximum atomic E-state index is 11.4. The molecule has 0 unspecified atom stereocenters. The average Bonchev–Trinajstić information content (AvgIpc) is 2.32. The van der Waals surface area contributed by atoms with Gasteiger partial charge < -0.3 is 0 Å². The van der Waals surface area contributed by atoms with E-state index in [2.05, 4.69) is 17.2 Å². The van der Waals surface area contributed by atoms with Crippen LogP contribution in [0.1, 0.15) is 0 Å². The molecule has 0 spiro atoms. The summed E-state index contributed by atoms with van der Waals surface area (Å²) >= 11 is -1.41. The van der Waals surface area contributed by atoms with Gasteiger partial charge in [0.25, 0.3) is 0 Å². The molecule has 0 fully saturated rings. The fourth-order valence-electron chi connectivity index (χ4n) is 1.03. The Bertz CT molecular complexity index is 417. The van der Waals surface area contributed by atoms with Crippen LogP contribution in [-0.2, 0) is 17.5 Å². The Kier molecular flexibility index (Phi) is 5.38. The fraction of sp³-hybridized carbons (Fsp3) is 0.182. The van der Waals surface area contributed by atoms with Crippen LogP contribution >= 0.6 is 0 Å². The standard InChI is InChI=1S/C9H11N2O2.C2H3.Co.O/c1-2-10-9(13)11-7-3-5-8(12)6-4-7;1-2;;/h3-6,12H,1-2H2,(H2,10,11,13);1H,2H2;;. The summed E-state index contributed by atoms with van der Waals surface area (Å²) in [5.74, 6) is 0.138. The predicted octanol–water partition coefficient (Wildman–Crippen LogP) is 2.04. The molecule has 0 atom stereocenters. The number of benzene rings is 1. The van der Waals surface area contributed by atoms with Gasteiger partial charge in [-0.25, -0.2) is 0 Å². The number of rotatable bonds is 5. The van der Waals surface area contributed by atoms with Crippen molar-refractivity contribution in [2.24, 2.45) is 0 Å². The molecule has 1 aromatic rings. The summed E-state index contributed by atoms with van der Waals surface area (Å²) in [6.45, 7) is 3.72. The van der Waals surface area contributed by atoms with E-state index in [1.165, 1.54) is 17.1 Å². The minimum atomic E-state index is -1.41. The number of urea groups is 1. The van der Waals surface area contributed by atoms with Gasteiger partial charge in [-0.1, -0.05) is 0 Å². The SMILES string of the molecule is C=[CH][Co](=[O])[CH2]CNC(=O)Nc1ccc(O)cc1. The molecule has 0 aliphatic rings. The van der Waals surface area contributed by atoms with Gasteiger partial charge in [-0.05, 0) is 0 Å². The van der Waals surface area contributed by atoms with E-state index in [9.17, 15) is 8.66 Å². The molecule has 0 heterocycles. The second-order valence-electron chi connectivity index (χ2n) is 3.04. The van der Waals surface area contributed by atoms with Crippen molar-refractivity contribution < 1.29 is 27.4 Å². The molecule has 0 aliphatic carbocycles. The number of anilines is 1. The van der Waals surface area contributed by atoms with E-state index in [4.69, 9.17) is 5.11 Å². The summed E-state index contributed by atoms with van der Waals surface area (Å²) in [5.41, 5.74) is 0.577. The van der Waals surface area contributed by atoms with E-state index in [1.807, 2.05) is 0 Å². The van der Waals surface area contributed by atoms with E-state index in [-0.39, 0.29) is 11.8 Å². The number of phenols is 1. The van der Waals surface area contributed by atoms with Crippen molar-refractivity contribution in [3.8, 4) is 5.75 Å². The number of carbonyl (C=O) groups is 1. The van der Waals surface area contributed by atoms with Crippen molar-refractivity contribution in [3.05, 3.63) is 35.9 Å². The van der Waals surface area contributed by atoms with Crippen LogP contribution in [0.2, 0.25) is 5.36 Å². The van der Waals surface area contributed by atoms with Gasteiger partial charge in [0.1, 0.15) is 0 Å². The number of hydrogen-bond acceptors (Lipinski definition) is 3. The monoisotopic (exact) mass is 281 g/mol. The van der Waals surface area contributed by atoms with Gasteiger partial charge in [-0.15, -0.1) is 0 Å². The Balaban J connectivity index is 2.32. The van der Waals surface area contributed by atoms with Gasteiger partial charge in [-0.3, -0.25) is 0 Å². The Morgan fingerprint density at radius 1 is 1.41 bits per heavy atom. The number of phenolic OH excluding ortho intramolecular Hbond substituents is 1. The van der Waals surface area contributed by atoms with Gasteiger partial charge in [0, 0.05) is 0 Å². The molecule has 0 radical (unpaired) electrons. The molecule has 95 valence electrons. The van der Waals surface area contributed by atoms with Crippen LogP contribution in [0.5, 0.6) is 5.75 Å². The summed E-state index contributed by atoms with van der Waals surface area (Å²) in [7, 11) is 0. The van der Waals surface area contributed by atoms with E-state index in [0.717, 1.165) is 0 Å². The number of hydrogen-bond donors (Lipinski definition) is 3. The molecule has 17 heavy (non-hydrogen) atoms. The van der Waals surface area contributed by atoms with Crippen molar-refractivity contribution in [1.29, 1.82) is 0 Å². The van der Waals surface area contributed by atoms with Crippen LogP contribution in [0.15, 0.2) is 35.9 Å². The van der Waals surface area contributed by atoms with E-state index >= 15 is 0 Å². The van der Waals surface area contributed by atoms with Crippen LogP contribution in [-0.4, -0.2) is 17.7 Å². The Morgan fingerprint density at radius 3 is 2.65 bits per heavy atom. The molecular formula is C11H14CoN2O3. The summed E-state index contributed by atoms with van der Waals surface area (Å²) in [4.78, 5) is 11.4. The van der Waals surface area contributed by atoms with Gasteiger partial charge in [-0.2, -0.15) is 0 Å². The topological polar surface area (TPSA) is 78.4 Å². The van der Waals surface area contributed by atoms with E-state index in [1.54, 1.807) is 12.1 Å². The molecule has 1 rings (SSSR count). The van der Waals surface area contributed by atoms with Crippen molar-refractivity contribution in [1.82, 2.24) is 5.32 Å². The second-order valence-corrected chi connectivity index (χ2v) is 4.96. The first-order valence-corrected chi connectivity index (χ1v) is 6.59. The van der Waals surface area contributed by atoms with Crippen LogP contribution in [0.4, 0.5) is 10.5 Å². The predicted molar refractivity (Wildman–Crippen MR) is 60.8 cm³/mol. The van der Waals surface area contributed by atoms with Crippen molar-refractivity contribution >= 4 is 11.7 Å². The van der Waals surface area contributed by atoms with Crippen molar-refractivity contribution in [3.63, 3.8) is 0 Å². The molecular weight excluding hydrogens is 267 g/mol. The molecule has 0 aromatic heterocycles. The molecule has 2 amide bonds. The fourth-order valence-corrected chi connectivity index (χ4v) is 1.62. The summed E-state index contributed by atoms with van der Waals surface area (Å²) in [6.07, 6.45) is 0. The quantitative estimate of drug-likeness (QED) is 0.723. The summed E-state index contributed by atoms with van der Waals surface area (Å²) in [6, 6.07) is 5.74. The van der Waals surface area contributed by atoms with Gasteiger partial charge in [0.15, 0.2) is 0 Å². The normalized spacial score (nSPS) is 10.5. The first kappa shape index (κ1) is 13.4. The third kappa shape index (κ3) is 5.28. The first-order valence-electron chi connectivity index (χ1n) is 4.83. The second kappa shape index (κ2) is 6.82. The van der Waals surface area contributed by atoms with Gasteiger partial charge in [0.2, 0.25) is 0 Å². The third-order valence-electron chi connectivity index (χ3n) is 1.81. The maximum absolute atomic E-state index is 11.4. The van der Waals surface area contributed by atoms with Crippen molar-refractivity contribution in [2.75, 3.05) is 11.9 Å². The molecule has 3 N–H and O–H groups in total.